The number of nitrogens with zero attached hydrogens (tertiary/aromatic N) is 4. The minimum atomic E-state index is -0.254. The van der Waals surface area contributed by atoms with E-state index in [-0.39, 0.29) is 17.4 Å². The van der Waals surface area contributed by atoms with Gasteiger partial charge in [0.25, 0.3) is 0 Å². The Labute approximate surface area is 116 Å². The van der Waals surface area contributed by atoms with Crippen LogP contribution in [-0.4, -0.2) is 38.1 Å². The number of aromatic nitrogens is 4. The number of amides is 1. The Balaban J connectivity index is 1.98. The first-order chi connectivity index (χ1) is 9.45. The predicted molar refractivity (Wildman–Crippen MR) is 74.5 cm³/mol. The standard InChI is InChI=1S/C13H18N6O/c1-13(2,3)9-6-10-15-7-16-12(19(10)18-9)17-8-4-5-14-11(8)20/h6-8H,4-5H2,1-3H3,(H,14,20)(H,15,16,17)/t8-/m0/s1. The van der Waals surface area contributed by atoms with Crippen LogP contribution in [0.5, 0.6) is 0 Å². The van der Waals surface area contributed by atoms with Crippen molar-refractivity contribution in [2.75, 3.05) is 11.9 Å². The summed E-state index contributed by atoms with van der Waals surface area (Å²) >= 11 is 0. The average molecular weight is 274 g/mol. The first-order valence-corrected chi connectivity index (χ1v) is 6.71. The summed E-state index contributed by atoms with van der Waals surface area (Å²) in [7, 11) is 0. The van der Waals surface area contributed by atoms with Crippen molar-refractivity contribution in [3.8, 4) is 0 Å². The maximum atomic E-state index is 11.6. The molecule has 1 aliphatic heterocycles. The Morgan fingerprint density at radius 1 is 1.40 bits per heavy atom. The second-order valence-corrected chi connectivity index (χ2v) is 6.02. The lowest BCUT2D eigenvalue weighted by Gasteiger charge is -2.14. The molecule has 1 fully saturated rings. The highest BCUT2D eigenvalue weighted by atomic mass is 16.2. The van der Waals surface area contributed by atoms with Crippen LogP contribution in [0.1, 0.15) is 32.9 Å². The van der Waals surface area contributed by atoms with Crippen molar-refractivity contribution in [1.29, 1.82) is 0 Å². The smallest absolute Gasteiger partial charge is 0.242 e. The first kappa shape index (κ1) is 12.8. The Morgan fingerprint density at radius 2 is 2.20 bits per heavy atom. The topological polar surface area (TPSA) is 84.2 Å². The predicted octanol–water partition coefficient (Wildman–Crippen LogP) is 0.722. The van der Waals surface area contributed by atoms with Gasteiger partial charge in [-0.05, 0) is 6.42 Å². The van der Waals surface area contributed by atoms with Crippen molar-refractivity contribution < 1.29 is 4.79 Å². The number of carbonyl (C=O) groups is 1. The highest BCUT2D eigenvalue weighted by molar-refractivity contribution is 5.86. The first-order valence-electron chi connectivity index (χ1n) is 6.71. The van der Waals surface area contributed by atoms with E-state index in [0.29, 0.717) is 12.5 Å². The number of nitrogens with one attached hydrogen (secondary N) is 2. The van der Waals surface area contributed by atoms with Crippen molar-refractivity contribution in [2.24, 2.45) is 0 Å². The zero-order valence-corrected chi connectivity index (χ0v) is 11.8. The lowest BCUT2D eigenvalue weighted by molar-refractivity contribution is -0.119. The molecule has 1 saturated heterocycles. The Bertz CT molecular complexity index is 656. The Kier molecular flexibility index (Phi) is 2.84. The molecule has 0 aromatic carbocycles. The number of carbonyl (C=O) groups excluding carboxylic acids is 1. The fraction of sp³-hybridized carbons (Fsp3) is 0.538. The minimum Gasteiger partial charge on any atom is -0.354 e. The molecule has 0 aliphatic carbocycles. The van der Waals surface area contributed by atoms with Crippen LogP contribution in [0.2, 0.25) is 0 Å². The van der Waals surface area contributed by atoms with Crippen molar-refractivity contribution in [3.63, 3.8) is 0 Å². The molecule has 106 valence electrons. The molecule has 7 heteroatoms. The van der Waals surface area contributed by atoms with E-state index in [9.17, 15) is 4.79 Å². The summed E-state index contributed by atoms with van der Waals surface area (Å²) in [6, 6.07) is 1.69. The summed E-state index contributed by atoms with van der Waals surface area (Å²) in [5.41, 5.74) is 1.61. The van der Waals surface area contributed by atoms with E-state index in [1.54, 1.807) is 4.52 Å². The lowest BCUT2D eigenvalue weighted by atomic mass is 9.93. The third kappa shape index (κ3) is 2.19. The molecule has 3 rings (SSSR count). The maximum Gasteiger partial charge on any atom is 0.242 e. The van der Waals surface area contributed by atoms with E-state index in [4.69, 9.17) is 0 Å². The minimum absolute atomic E-state index is 0.0000341. The number of rotatable bonds is 2. The highest BCUT2D eigenvalue weighted by Crippen LogP contribution is 2.22. The van der Waals surface area contributed by atoms with E-state index < -0.39 is 0 Å². The molecule has 1 aliphatic rings. The molecule has 0 unspecified atom stereocenters. The zero-order valence-electron chi connectivity index (χ0n) is 11.8. The maximum absolute atomic E-state index is 11.6. The Morgan fingerprint density at radius 3 is 2.85 bits per heavy atom. The number of hydrogen-bond acceptors (Lipinski definition) is 5. The van der Waals surface area contributed by atoms with Crippen LogP contribution in [0.15, 0.2) is 12.4 Å². The summed E-state index contributed by atoms with van der Waals surface area (Å²) in [6.07, 6.45) is 2.23. The van der Waals surface area contributed by atoms with E-state index in [1.165, 1.54) is 6.33 Å². The molecule has 0 radical (unpaired) electrons. The third-order valence-corrected chi connectivity index (χ3v) is 3.38. The van der Waals surface area contributed by atoms with Gasteiger partial charge in [0.05, 0.1) is 5.69 Å². The number of fused-ring (bicyclic) bond motifs is 1. The van der Waals surface area contributed by atoms with Crippen molar-refractivity contribution >= 4 is 17.5 Å². The summed E-state index contributed by atoms with van der Waals surface area (Å²) in [6.45, 7) is 6.98. The highest BCUT2D eigenvalue weighted by Gasteiger charge is 2.26. The average Bonchev–Trinajstić information content (AvgIpc) is 2.96. The normalized spacial score (nSPS) is 19.4. The fourth-order valence-corrected chi connectivity index (χ4v) is 2.17. The van der Waals surface area contributed by atoms with Crippen LogP contribution >= 0.6 is 0 Å². The summed E-state index contributed by atoms with van der Waals surface area (Å²) in [5, 5.41) is 10.5. The van der Waals surface area contributed by atoms with Gasteiger partial charge in [-0.15, -0.1) is 0 Å². The second kappa shape index (κ2) is 4.43. The van der Waals surface area contributed by atoms with Gasteiger partial charge in [0.1, 0.15) is 12.4 Å². The van der Waals surface area contributed by atoms with Gasteiger partial charge in [-0.3, -0.25) is 4.79 Å². The number of anilines is 1. The van der Waals surface area contributed by atoms with Gasteiger partial charge in [-0.2, -0.15) is 9.61 Å². The monoisotopic (exact) mass is 274 g/mol. The van der Waals surface area contributed by atoms with Crippen LogP contribution in [-0.2, 0) is 10.2 Å². The van der Waals surface area contributed by atoms with Crippen LogP contribution in [0.4, 0.5) is 5.95 Å². The van der Waals surface area contributed by atoms with Gasteiger partial charge >= 0.3 is 0 Å². The van der Waals surface area contributed by atoms with Crippen LogP contribution in [0.3, 0.4) is 0 Å². The van der Waals surface area contributed by atoms with Crippen LogP contribution in [0, 0.1) is 0 Å². The molecule has 3 heterocycles. The molecule has 0 saturated carbocycles. The Hall–Kier alpha value is -2.18. The number of hydrogen-bond donors (Lipinski definition) is 2. The summed E-state index contributed by atoms with van der Waals surface area (Å²) in [5.74, 6) is 0.549. The van der Waals surface area contributed by atoms with Crippen LogP contribution < -0.4 is 10.6 Å². The molecule has 20 heavy (non-hydrogen) atoms. The second-order valence-electron chi connectivity index (χ2n) is 6.02. The van der Waals surface area contributed by atoms with E-state index >= 15 is 0 Å². The SMILES string of the molecule is CC(C)(C)c1cc2ncnc(N[C@H]3CCNC3=O)n2n1. The molecule has 2 aromatic rings. The molecule has 1 amide bonds. The van der Waals surface area contributed by atoms with Gasteiger partial charge in [0.2, 0.25) is 11.9 Å². The van der Waals surface area contributed by atoms with Gasteiger partial charge in [-0.1, -0.05) is 20.8 Å². The van der Waals surface area contributed by atoms with Gasteiger partial charge in [-0.25, -0.2) is 9.97 Å². The van der Waals surface area contributed by atoms with Gasteiger partial charge in [0.15, 0.2) is 5.65 Å². The molecule has 2 aromatic heterocycles. The molecule has 0 bridgehead atoms. The molecule has 0 spiro atoms. The third-order valence-electron chi connectivity index (χ3n) is 3.38. The molecular weight excluding hydrogens is 256 g/mol. The fourth-order valence-electron chi connectivity index (χ4n) is 2.17. The zero-order chi connectivity index (χ0) is 14.3. The van der Waals surface area contributed by atoms with Crippen molar-refractivity contribution in [3.05, 3.63) is 18.1 Å². The molecule has 1 atom stereocenters. The van der Waals surface area contributed by atoms with E-state index in [2.05, 4.69) is 46.5 Å². The van der Waals surface area contributed by atoms with E-state index in [0.717, 1.165) is 17.8 Å². The van der Waals surface area contributed by atoms with Gasteiger partial charge in [0, 0.05) is 18.0 Å². The lowest BCUT2D eigenvalue weighted by Crippen LogP contribution is -2.30. The van der Waals surface area contributed by atoms with E-state index in [1.807, 2.05) is 6.07 Å². The summed E-state index contributed by atoms with van der Waals surface area (Å²) in [4.78, 5) is 20.0. The van der Waals surface area contributed by atoms with Crippen LogP contribution in [0.25, 0.3) is 5.65 Å². The van der Waals surface area contributed by atoms with Crippen molar-refractivity contribution in [1.82, 2.24) is 24.9 Å². The largest absolute Gasteiger partial charge is 0.354 e. The molecule has 7 nitrogen and oxygen atoms in total. The molecular formula is C13H18N6O. The quantitative estimate of drug-likeness (QED) is 0.843. The molecule has 2 N–H and O–H groups in total. The summed E-state index contributed by atoms with van der Waals surface area (Å²) < 4.78 is 1.66. The van der Waals surface area contributed by atoms with Gasteiger partial charge < -0.3 is 10.6 Å². The van der Waals surface area contributed by atoms with Crippen molar-refractivity contribution in [2.45, 2.75) is 38.6 Å².